The third-order valence-electron chi connectivity index (χ3n) is 5.73. The summed E-state index contributed by atoms with van der Waals surface area (Å²) >= 11 is 0. The summed E-state index contributed by atoms with van der Waals surface area (Å²) < 4.78 is 6.75. The Kier molecular flexibility index (Phi) is 5.47. The van der Waals surface area contributed by atoms with Gasteiger partial charge in [-0.25, -0.2) is 9.78 Å². The lowest BCUT2D eigenvalue weighted by atomic mass is 9.91. The molecule has 2 aromatic heterocycles. The number of pyridine rings is 1. The van der Waals surface area contributed by atoms with Gasteiger partial charge in [0, 0.05) is 48.6 Å². The van der Waals surface area contributed by atoms with Crippen LogP contribution in [0.2, 0.25) is 0 Å². The van der Waals surface area contributed by atoms with Gasteiger partial charge in [0.15, 0.2) is 0 Å². The number of hydrogen-bond acceptors (Lipinski definition) is 6. The van der Waals surface area contributed by atoms with Crippen LogP contribution in [0.3, 0.4) is 0 Å². The first-order valence-corrected chi connectivity index (χ1v) is 10.6. The third kappa shape index (κ3) is 3.86. The number of fused-ring (bicyclic) bond motifs is 1. The van der Waals surface area contributed by atoms with Gasteiger partial charge in [0.25, 0.3) is 0 Å². The molecule has 1 atom stereocenters. The number of rotatable bonds is 5. The first kappa shape index (κ1) is 21.3. The second-order valence-corrected chi connectivity index (χ2v) is 7.86. The summed E-state index contributed by atoms with van der Waals surface area (Å²) in [6.45, 7) is 0. The molecule has 0 fully saturated rings. The van der Waals surface area contributed by atoms with Crippen molar-refractivity contribution in [3.05, 3.63) is 96.1 Å². The summed E-state index contributed by atoms with van der Waals surface area (Å²) in [4.78, 5) is 38.5. The van der Waals surface area contributed by atoms with Gasteiger partial charge in [-0.15, -0.1) is 0 Å². The van der Waals surface area contributed by atoms with Crippen molar-refractivity contribution in [2.75, 3.05) is 12.4 Å². The molecule has 8 nitrogen and oxygen atoms in total. The van der Waals surface area contributed by atoms with Crippen molar-refractivity contribution in [3.8, 4) is 11.4 Å². The molecule has 168 valence electrons. The molecule has 1 N–H and O–H groups in total. The normalized spacial score (nSPS) is 15.1. The Balaban J connectivity index is 1.57. The zero-order valence-corrected chi connectivity index (χ0v) is 18.6. The summed E-state index contributed by atoms with van der Waals surface area (Å²) in [5, 5.41) is 2.88. The minimum Gasteiger partial charge on any atom is -0.465 e. The molecule has 1 aliphatic rings. The molecule has 1 amide bonds. The summed E-state index contributed by atoms with van der Waals surface area (Å²) in [6.07, 6.45) is 7.01. The number of imidazole rings is 1. The molecule has 2 aromatic carbocycles. The lowest BCUT2D eigenvalue weighted by Crippen LogP contribution is -2.22. The van der Waals surface area contributed by atoms with Crippen molar-refractivity contribution >= 4 is 29.0 Å². The summed E-state index contributed by atoms with van der Waals surface area (Å²) in [5.74, 6) is -0.479. The number of anilines is 1. The number of ether oxygens (including phenoxy) is 1. The first-order chi connectivity index (χ1) is 16.5. The number of carbonyl (C=O) groups excluding carboxylic acids is 2. The second kappa shape index (κ2) is 8.74. The molecule has 1 aliphatic heterocycles. The number of aromatic nitrogens is 3. The number of hydrogen-bond donors (Lipinski definition) is 1. The van der Waals surface area contributed by atoms with Crippen LogP contribution in [0, 0.1) is 0 Å². The van der Waals surface area contributed by atoms with Gasteiger partial charge in [-0.1, -0.05) is 12.1 Å². The van der Waals surface area contributed by atoms with Gasteiger partial charge in [0.05, 0.1) is 24.1 Å². The molecule has 0 bridgehead atoms. The van der Waals surface area contributed by atoms with E-state index in [1.54, 1.807) is 36.8 Å². The first-order valence-electron chi connectivity index (χ1n) is 10.6. The van der Waals surface area contributed by atoms with Crippen LogP contribution in [0.25, 0.3) is 11.4 Å². The number of esters is 1. The average molecular weight is 451 g/mol. The molecule has 1 unspecified atom stereocenters. The number of methoxy groups -OCH3 is 1. The number of nitrogens with zero attached hydrogens (tertiary/aromatic N) is 4. The number of carbonyl (C=O) groups is 2. The standard InChI is InChI=1S/C26H21N5O3/c1-31-13-12-28-24(31)16-5-8-19(9-6-16)29-23(18-4-3-11-27-15-18)22-20-10-7-17(26(33)34-2)14-21(20)30-25(22)32/h3-15,22H,1-2H3,(H,30,32). The lowest BCUT2D eigenvalue weighted by molar-refractivity contribution is -0.115. The van der Waals surface area contributed by atoms with E-state index in [9.17, 15) is 9.59 Å². The van der Waals surface area contributed by atoms with Gasteiger partial charge in [-0.05, 0) is 48.0 Å². The molecule has 5 rings (SSSR count). The van der Waals surface area contributed by atoms with Crippen LogP contribution >= 0.6 is 0 Å². The maximum atomic E-state index is 13.1. The maximum Gasteiger partial charge on any atom is 0.337 e. The molecule has 0 saturated heterocycles. The van der Waals surface area contributed by atoms with Gasteiger partial charge in [0.2, 0.25) is 5.91 Å². The minimum absolute atomic E-state index is 0.218. The lowest BCUT2D eigenvalue weighted by Gasteiger charge is -2.14. The van der Waals surface area contributed by atoms with Crippen LogP contribution < -0.4 is 5.32 Å². The average Bonchev–Trinajstić information content (AvgIpc) is 3.44. The van der Waals surface area contributed by atoms with Crippen LogP contribution in [0.4, 0.5) is 11.4 Å². The van der Waals surface area contributed by atoms with Crippen LogP contribution in [0.5, 0.6) is 0 Å². The van der Waals surface area contributed by atoms with E-state index >= 15 is 0 Å². The fourth-order valence-electron chi connectivity index (χ4n) is 4.06. The minimum atomic E-state index is -0.653. The smallest absolute Gasteiger partial charge is 0.337 e. The van der Waals surface area contributed by atoms with Crippen molar-refractivity contribution < 1.29 is 14.3 Å². The zero-order chi connectivity index (χ0) is 23.7. The zero-order valence-electron chi connectivity index (χ0n) is 18.6. The van der Waals surface area contributed by atoms with E-state index in [0.717, 1.165) is 22.5 Å². The van der Waals surface area contributed by atoms with E-state index in [1.807, 2.05) is 54.2 Å². The predicted molar refractivity (Wildman–Crippen MR) is 128 cm³/mol. The van der Waals surface area contributed by atoms with E-state index in [0.29, 0.717) is 22.6 Å². The molecular formula is C26H21N5O3. The number of benzene rings is 2. The van der Waals surface area contributed by atoms with Crippen LogP contribution in [0.1, 0.15) is 27.4 Å². The Bertz CT molecular complexity index is 1410. The summed E-state index contributed by atoms with van der Waals surface area (Å²) in [6, 6.07) is 16.4. The molecule has 3 heterocycles. The van der Waals surface area contributed by atoms with Gasteiger partial charge in [-0.2, -0.15) is 0 Å². The van der Waals surface area contributed by atoms with E-state index in [1.165, 1.54) is 7.11 Å². The van der Waals surface area contributed by atoms with Crippen molar-refractivity contribution in [1.29, 1.82) is 0 Å². The fourth-order valence-corrected chi connectivity index (χ4v) is 4.06. The summed E-state index contributed by atoms with van der Waals surface area (Å²) in [7, 11) is 3.26. The highest BCUT2D eigenvalue weighted by Crippen LogP contribution is 2.37. The van der Waals surface area contributed by atoms with E-state index < -0.39 is 11.9 Å². The monoisotopic (exact) mass is 451 g/mol. The summed E-state index contributed by atoms with van der Waals surface area (Å²) in [5.41, 5.74) is 4.65. The molecule has 0 saturated carbocycles. The van der Waals surface area contributed by atoms with E-state index in [4.69, 9.17) is 9.73 Å². The molecule has 8 heteroatoms. The van der Waals surface area contributed by atoms with Crippen molar-refractivity contribution in [2.24, 2.45) is 12.0 Å². The Hall–Kier alpha value is -4.59. The van der Waals surface area contributed by atoms with Gasteiger partial charge >= 0.3 is 5.97 Å². The van der Waals surface area contributed by atoms with E-state index in [2.05, 4.69) is 15.3 Å². The number of nitrogens with one attached hydrogen (secondary N) is 1. The van der Waals surface area contributed by atoms with Crippen LogP contribution in [-0.2, 0) is 16.6 Å². The highest BCUT2D eigenvalue weighted by molar-refractivity contribution is 6.24. The highest BCUT2D eigenvalue weighted by atomic mass is 16.5. The molecule has 0 radical (unpaired) electrons. The Labute approximate surface area is 196 Å². The number of amides is 1. The largest absolute Gasteiger partial charge is 0.465 e. The third-order valence-corrected chi connectivity index (χ3v) is 5.73. The highest BCUT2D eigenvalue weighted by Gasteiger charge is 2.36. The van der Waals surface area contributed by atoms with Crippen LogP contribution in [0.15, 0.2) is 84.4 Å². The topological polar surface area (TPSA) is 98.5 Å². The fraction of sp³-hybridized carbons (Fsp3) is 0.115. The molecule has 34 heavy (non-hydrogen) atoms. The molecule has 4 aromatic rings. The Morgan fingerprint density at radius 2 is 1.91 bits per heavy atom. The predicted octanol–water partition coefficient (Wildman–Crippen LogP) is 4.13. The Morgan fingerprint density at radius 3 is 2.59 bits per heavy atom. The van der Waals surface area contributed by atoms with E-state index in [-0.39, 0.29) is 5.91 Å². The molecule has 0 aliphatic carbocycles. The number of aliphatic imine (C=N–C) groups is 1. The van der Waals surface area contributed by atoms with Crippen molar-refractivity contribution in [3.63, 3.8) is 0 Å². The SMILES string of the molecule is COC(=O)c1ccc2c(c1)NC(=O)C2C(=Nc1ccc(-c2nccn2C)cc1)c1cccnc1. The van der Waals surface area contributed by atoms with Crippen molar-refractivity contribution in [1.82, 2.24) is 14.5 Å². The van der Waals surface area contributed by atoms with Crippen molar-refractivity contribution in [2.45, 2.75) is 5.92 Å². The molecular weight excluding hydrogens is 430 g/mol. The Morgan fingerprint density at radius 1 is 1.09 bits per heavy atom. The maximum absolute atomic E-state index is 13.1. The number of aryl methyl sites for hydroxylation is 1. The van der Waals surface area contributed by atoms with Gasteiger partial charge < -0.3 is 14.6 Å². The second-order valence-electron chi connectivity index (χ2n) is 7.86. The van der Waals surface area contributed by atoms with Gasteiger partial charge in [0.1, 0.15) is 11.7 Å². The van der Waals surface area contributed by atoms with Gasteiger partial charge in [-0.3, -0.25) is 14.8 Å². The quantitative estimate of drug-likeness (QED) is 0.363. The molecule has 0 spiro atoms. The van der Waals surface area contributed by atoms with Crippen LogP contribution in [-0.4, -0.2) is 39.2 Å².